The van der Waals surface area contributed by atoms with Gasteiger partial charge >= 0.3 is 5.97 Å². The number of para-hydroxylation sites is 1. The Morgan fingerprint density at radius 3 is 2.83 bits per heavy atom. The number of aliphatic carboxylic acids is 1. The van der Waals surface area contributed by atoms with Gasteiger partial charge < -0.3 is 15.3 Å². The number of carboxylic acid groups (broad SMARTS) is 1. The van der Waals surface area contributed by atoms with E-state index < -0.39 is 17.4 Å². The van der Waals surface area contributed by atoms with Gasteiger partial charge in [0.15, 0.2) is 0 Å². The van der Waals surface area contributed by atoms with Crippen LogP contribution in [0.2, 0.25) is 0 Å². The van der Waals surface area contributed by atoms with Crippen molar-refractivity contribution < 1.29 is 19.5 Å². The number of nitrogens with zero attached hydrogens (tertiary/aromatic N) is 1. The van der Waals surface area contributed by atoms with Crippen LogP contribution in [0.3, 0.4) is 0 Å². The number of amides is 2. The summed E-state index contributed by atoms with van der Waals surface area (Å²) in [5.41, 5.74) is -0.511. The maximum atomic E-state index is 12.3. The maximum absolute atomic E-state index is 12.3. The fraction of sp³-hybridized carbons (Fsp3) is 0.400. The predicted octanol–water partition coefficient (Wildman–Crippen LogP) is 1.20. The molecule has 1 aromatic rings. The molecule has 2 heterocycles. The fourth-order valence-corrected chi connectivity index (χ4v) is 4.92. The van der Waals surface area contributed by atoms with Gasteiger partial charge in [-0.2, -0.15) is 11.8 Å². The van der Waals surface area contributed by atoms with E-state index in [1.807, 2.05) is 18.2 Å². The highest BCUT2D eigenvalue weighted by molar-refractivity contribution is 8.00. The minimum atomic E-state index is -1.21. The van der Waals surface area contributed by atoms with Crippen molar-refractivity contribution in [1.82, 2.24) is 5.32 Å². The van der Waals surface area contributed by atoms with Crippen LogP contribution in [0.1, 0.15) is 6.42 Å². The van der Waals surface area contributed by atoms with E-state index in [1.165, 1.54) is 28.4 Å². The van der Waals surface area contributed by atoms with Crippen LogP contribution < -0.4 is 10.2 Å². The van der Waals surface area contributed by atoms with Gasteiger partial charge in [0.1, 0.15) is 12.1 Å². The van der Waals surface area contributed by atoms with E-state index >= 15 is 0 Å². The van der Waals surface area contributed by atoms with E-state index in [0.717, 1.165) is 4.90 Å². The van der Waals surface area contributed by atoms with Crippen LogP contribution in [-0.2, 0) is 14.4 Å². The summed E-state index contributed by atoms with van der Waals surface area (Å²) in [6.07, 6.45) is 0.402. The Labute approximate surface area is 142 Å². The van der Waals surface area contributed by atoms with Crippen molar-refractivity contribution in [3.05, 3.63) is 24.3 Å². The number of anilines is 1. The van der Waals surface area contributed by atoms with Crippen LogP contribution in [0.15, 0.2) is 29.2 Å². The van der Waals surface area contributed by atoms with Crippen LogP contribution in [0.4, 0.5) is 5.69 Å². The molecule has 1 saturated heterocycles. The molecule has 6 nitrogen and oxygen atoms in total. The highest BCUT2D eigenvalue weighted by Crippen LogP contribution is 2.35. The second-order valence-electron chi connectivity index (χ2n) is 5.47. The number of hydrogen-bond acceptors (Lipinski definition) is 5. The summed E-state index contributed by atoms with van der Waals surface area (Å²) < 4.78 is 0. The standard InChI is InChI=1S/C15H16N2O4S2/c18-12(16-15(14(20)21)5-6-22-9-15)7-17-10-3-1-2-4-11(10)23-8-13(17)19/h1-4H,5-9H2,(H,16,18)(H,20,21). The molecule has 3 rings (SSSR count). The Hall–Kier alpha value is -1.67. The van der Waals surface area contributed by atoms with Crippen LogP contribution in [0.25, 0.3) is 0 Å². The number of carbonyl (C=O) groups is 3. The zero-order chi connectivity index (χ0) is 16.4. The third-order valence-corrected chi connectivity index (χ3v) is 6.16. The minimum absolute atomic E-state index is 0.144. The summed E-state index contributed by atoms with van der Waals surface area (Å²) in [6, 6.07) is 7.40. The fourth-order valence-electron chi connectivity index (χ4n) is 2.66. The topological polar surface area (TPSA) is 86.7 Å². The van der Waals surface area contributed by atoms with Crippen LogP contribution >= 0.6 is 23.5 Å². The van der Waals surface area contributed by atoms with Gasteiger partial charge in [-0.15, -0.1) is 11.8 Å². The van der Waals surface area contributed by atoms with Gasteiger partial charge in [-0.05, 0) is 24.3 Å². The summed E-state index contributed by atoms with van der Waals surface area (Å²) in [5.74, 6) is -0.261. The Balaban J connectivity index is 1.75. The minimum Gasteiger partial charge on any atom is -0.479 e. The maximum Gasteiger partial charge on any atom is 0.330 e. The summed E-state index contributed by atoms with van der Waals surface area (Å²) in [6.45, 7) is -0.157. The number of thioether (sulfide) groups is 2. The predicted molar refractivity (Wildman–Crippen MR) is 90.0 cm³/mol. The van der Waals surface area contributed by atoms with Gasteiger partial charge in [-0.1, -0.05) is 12.1 Å². The van der Waals surface area contributed by atoms with E-state index in [9.17, 15) is 19.5 Å². The molecule has 2 N–H and O–H groups in total. The third-order valence-electron chi connectivity index (χ3n) is 3.92. The van der Waals surface area contributed by atoms with Gasteiger partial charge in [0.05, 0.1) is 11.4 Å². The van der Waals surface area contributed by atoms with E-state index in [1.54, 1.807) is 6.07 Å². The van der Waals surface area contributed by atoms with Crippen molar-refractivity contribution in [2.45, 2.75) is 16.9 Å². The van der Waals surface area contributed by atoms with Gasteiger partial charge in [0, 0.05) is 10.6 Å². The van der Waals surface area contributed by atoms with E-state index in [4.69, 9.17) is 0 Å². The Kier molecular flexibility index (Phi) is 4.54. The van der Waals surface area contributed by atoms with Crippen LogP contribution in [0, 0.1) is 0 Å². The molecule has 0 spiro atoms. The number of benzene rings is 1. The lowest BCUT2D eigenvalue weighted by atomic mass is 9.99. The average Bonchev–Trinajstić information content (AvgIpc) is 3.00. The molecule has 1 aromatic carbocycles. The normalized spacial score (nSPS) is 23.5. The van der Waals surface area contributed by atoms with Gasteiger partial charge in [0.2, 0.25) is 11.8 Å². The first kappa shape index (κ1) is 16.2. The largest absolute Gasteiger partial charge is 0.479 e. The molecule has 23 heavy (non-hydrogen) atoms. The molecule has 2 aliphatic heterocycles. The van der Waals surface area contributed by atoms with E-state index in [-0.39, 0.29) is 18.2 Å². The van der Waals surface area contributed by atoms with Crippen LogP contribution in [0.5, 0.6) is 0 Å². The smallest absolute Gasteiger partial charge is 0.330 e. The Bertz CT molecular complexity index is 659. The number of nitrogens with one attached hydrogen (secondary N) is 1. The first-order chi connectivity index (χ1) is 11.0. The first-order valence-corrected chi connectivity index (χ1v) is 9.30. The zero-order valence-electron chi connectivity index (χ0n) is 12.3. The second kappa shape index (κ2) is 6.45. The summed E-state index contributed by atoms with van der Waals surface area (Å²) in [4.78, 5) is 38.4. The molecule has 8 heteroatoms. The molecular formula is C15H16N2O4S2. The molecule has 0 aliphatic carbocycles. The molecule has 1 unspecified atom stereocenters. The number of hydrogen-bond donors (Lipinski definition) is 2. The summed E-state index contributed by atoms with van der Waals surface area (Å²) >= 11 is 2.95. The monoisotopic (exact) mass is 352 g/mol. The molecule has 2 amide bonds. The van der Waals surface area contributed by atoms with Crippen molar-refractivity contribution in [2.24, 2.45) is 0 Å². The van der Waals surface area contributed by atoms with E-state index in [2.05, 4.69) is 5.32 Å². The molecule has 0 aromatic heterocycles. The first-order valence-electron chi connectivity index (χ1n) is 7.16. The molecule has 0 saturated carbocycles. The number of rotatable bonds is 4. The Morgan fingerprint density at radius 1 is 1.35 bits per heavy atom. The highest BCUT2D eigenvalue weighted by Gasteiger charge is 2.43. The molecule has 0 bridgehead atoms. The Morgan fingerprint density at radius 2 is 2.13 bits per heavy atom. The molecule has 122 valence electrons. The average molecular weight is 352 g/mol. The lowest BCUT2D eigenvalue weighted by molar-refractivity contribution is -0.146. The number of fused-ring (bicyclic) bond motifs is 1. The number of carbonyl (C=O) groups excluding carboxylic acids is 2. The van der Waals surface area contributed by atoms with Gasteiger partial charge in [-0.25, -0.2) is 4.79 Å². The van der Waals surface area contributed by atoms with Gasteiger partial charge in [0.25, 0.3) is 0 Å². The van der Waals surface area contributed by atoms with Crippen molar-refractivity contribution in [2.75, 3.05) is 28.7 Å². The van der Waals surface area contributed by atoms with Crippen molar-refractivity contribution in [3.63, 3.8) is 0 Å². The number of carboxylic acids is 1. The van der Waals surface area contributed by atoms with Crippen molar-refractivity contribution in [1.29, 1.82) is 0 Å². The van der Waals surface area contributed by atoms with Gasteiger partial charge in [-0.3, -0.25) is 9.59 Å². The van der Waals surface area contributed by atoms with Crippen molar-refractivity contribution in [3.8, 4) is 0 Å². The summed E-state index contributed by atoms with van der Waals surface area (Å²) in [5, 5.41) is 12.0. The molecule has 1 atom stereocenters. The van der Waals surface area contributed by atoms with Crippen molar-refractivity contribution >= 4 is 47.0 Å². The molecule has 2 aliphatic rings. The molecular weight excluding hydrogens is 336 g/mol. The molecule has 0 radical (unpaired) electrons. The summed E-state index contributed by atoms with van der Waals surface area (Å²) in [7, 11) is 0. The lowest BCUT2D eigenvalue weighted by Crippen LogP contribution is -2.57. The quantitative estimate of drug-likeness (QED) is 0.847. The third kappa shape index (κ3) is 3.18. The highest BCUT2D eigenvalue weighted by atomic mass is 32.2. The SMILES string of the molecule is O=C(CN1C(=O)CSc2ccccc21)NC1(C(=O)O)CCSC1. The second-order valence-corrected chi connectivity index (χ2v) is 7.60. The lowest BCUT2D eigenvalue weighted by Gasteiger charge is -2.30. The van der Waals surface area contributed by atoms with Crippen LogP contribution in [-0.4, -0.2) is 52.2 Å². The molecule has 1 fully saturated rings. The zero-order valence-corrected chi connectivity index (χ0v) is 13.9. The van der Waals surface area contributed by atoms with E-state index in [0.29, 0.717) is 23.6 Å².